The third-order valence-electron chi connectivity index (χ3n) is 3.72. The molecule has 0 saturated carbocycles. The lowest BCUT2D eigenvalue weighted by molar-refractivity contribution is 0.112. The number of carbonyl (C=O) groups is 1. The molecule has 3 heteroatoms. The molecule has 2 nitrogen and oxygen atoms in total. The Morgan fingerprint density at radius 3 is 2.43 bits per heavy atom. The number of aromatic nitrogens is 1. The number of fused-ring (bicyclic) bond motifs is 1. The molecule has 106 valence electrons. The van der Waals surface area contributed by atoms with E-state index < -0.39 is 0 Å². The molecular formula is C18H16FNO. The van der Waals surface area contributed by atoms with Gasteiger partial charge in [-0.25, -0.2) is 4.39 Å². The van der Waals surface area contributed by atoms with Crippen LogP contribution in [0.15, 0.2) is 48.7 Å². The summed E-state index contributed by atoms with van der Waals surface area (Å²) in [5, 5.41) is 1.01. The molecule has 0 aliphatic carbocycles. The van der Waals surface area contributed by atoms with Crippen molar-refractivity contribution >= 4 is 17.2 Å². The number of para-hydroxylation sites is 1. The second-order valence-electron chi connectivity index (χ2n) is 5.41. The highest BCUT2D eigenvalue weighted by molar-refractivity contribution is 6.04. The van der Waals surface area contributed by atoms with E-state index in [2.05, 4.69) is 18.4 Å². The second-order valence-corrected chi connectivity index (χ2v) is 5.41. The Morgan fingerprint density at radius 1 is 1.10 bits per heavy atom. The first-order valence-electron chi connectivity index (χ1n) is 6.96. The molecule has 0 amide bonds. The number of halogens is 1. The predicted octanol–water partition coefficient (Wildman–Crippen LogP) is 4.84. The molecule has 0 N–H and O–H groups in total. The average molecular weight is 281 g/mol. The lowest BCUT2D eigenvalue weighted by Crippen LogP contribution is -2.00. The minimum absolute atomic E-state index is 0.239. The van der Waals surface area contributed by atoms with Crippen LogP contribution in [-0.4, -0.2) is 10.9 Å². The van der Waals surface area contributed by atoms with Gasteiger partial charge in [-0.2, -0.15) is 0 Å². The van der Waals surface area contributed by atoms with Crippen LogP contribution in [0.2, 0.25) is 0 Å². The first kappa shape index (κ1) is 13.6. The zero-order valence-corrected chi connectivity index (χ0v) is 12.0. The molecule has 0 spiro atoms. The third-order valence-corrected chi connectivity index (χ3v) is 3.72. The number of rotatable bonds is 3. The smallest absolute Gasteiger partial charge is 0.152 e. The molecule has 0 atom stereocenters. The van der Waals surface area contributed by atoms with Gasteiger partial charge in [0.15, 0.2) is 6.29 Å². The van der Waals surface area contributed by atoms with Crippen LogP contribution < -0.4 is 0 Å². The van der Waals surface area contributed by atoms with Crippen LogP contribution in [0.25, 0.3) is 22.0 Å². The first-order chi connectivity index (χ1) is 10.1. The summed E-state index contributed by atoms with van der Waals surface area (Å²) < 4.78 is 15.2. The SMILES string of the molecule is CC(C)n1cc(-c2ccc(F)cc2)c2cccc(C=O)c21. The third kappa shape index (κ3) is 2.25. The predicted molar refractivity (Wildman–Crippen MR) is 83.1 cm³/mol. The highest BCUT2D eigenvalue weighted by atomic mass is 19.1. The topological polar surface area (TPSA) is 22.0 Å². The van der Waals surface area contributed by atoms with Crippen LogP contribution in [0.3, 0.4) is 0 Å². The average Bonchev–Trinajstić information content (AvgIpc) is 2.88. The Morgan fingerprint density at radius 2 is 1.81 bits per heavy atom. The van der Waals surface area contributed by atoms with Crippen molar-refractivity contribution in [1.82, 2.24) is 4.57 Å². The number of nitrogens with zero attached hydrogens (tertiary/aromatic N) is 1. The molecule has 0 bridgehead atoms. The van der Waals surface area contributed by atoms with Gasteiger partial charge in [-0.15, -0.1) is 0 Å². The molecule has 21 heavy (non-hydrogen) atoms. The fourth-order valence-corrected chi connectivity index (χ4v) is 2.70. The Labute approximate surface area is 122 Å². The summed E-state index contributed by atoms with van der Waals surface area (Å²) in [6.07, 6.45) is 2.92. The molecule has 0 radical (unpaired) electrons. The highest BCUT2D eigenvalue weighted by Gasteiger charge is 2.14. The summed E-state index contributed by atoms with van der Waals surface area (Å²) in [5.41, 5.74) is 3.57. The van der Waals surface area contributed by atoms with E-state index >= 15 is 0 Å². The number of carbonyl (C=O) groups excluding carboxylic acids is 1. The lowest BCUT2D eigenvalue weighted by atomic mass is 10.0. The first-order valence-corrected chi connectivity index (χ1v) is 6.96. The monoisotopic (exact) mass is 281 g/mol. The van der Waals surface area contributed by atoms with Crippen molar-refractivity contribution in [2.45, 2.75) is 19.9 Å². The van der Waals surface area contributed by atoms with E-state index in [1.54, 1.807) is 12.1 Å². The van der Waals surface area contributed by atoms with E-state index in [0.29, 0.717) is 5.56 Å². The van der Waals surface area contributed by atoms with Crippen molar-refractivity contribution in [2.24, 2.45) is 0 Å². The van der Waals surface area contributed by atoms with Crippen LogP contribution >= 0.6 is 0 Å². The quantitative estimate of drug-likeness (QED) is 0.629. The van der Waals surface area contributed by atoms with E-state index in [9.17, 15) is 9.18 Å². The standard InChI is InChI=1S/C18H16FNO/c1-12(2)20-10-17(13-6-8-15(19)9-7-13)16-5-3-4-14(11-21)18(16)20/h3-12H,1-2H3. The Balaban J connectivity index is 2.34. The highest BCUT2D eigenvalue weighted by Crippen LogP contribution is 2.34. The van der Waals surface area contributed by atoms with Gasteiger partial charge in [0.05, 0.1) is 5.52 Å². The largest absolute Gasteiger partial charge is 0.344 e. The van der Waals surface area contributed by atoms with E-state index in [1.807, 2.05) is 24.4 Å². The van der Waals surface area contributed by atoms with E-state index in [1.165, 1.54) is 12.1 Å². The van der Waals surface area contributed by atoms with Crippen molar-refractivity contribution in [3.8, 4) is 11.1 Å². The zero-order valence-electron chi connectivity index (χ0n) is 12.0. The van der Waals surface area contributed by atoms with E-state index in [0.717, 1.165) is 28.3 Å². The van der Waals surface area contributed by atoms with Crippen LogP contribution in [0.1, 0.15) is 30.2 Å². The molecule has 0 unspecified atom stereocenters. The van der Waals surface area contributed by atoms with Crippen molar-refractivity contribution in [2.75, 3.05) is 0 Å². The van der Waals surface area contributed by atoms with Gasteiger partial charge in [0.2, 0.25) is 0 Å². The van der Waals surface area contributed by atoms with Gasteiger partial charge in [-0.3, -0.25) is 4.79 Å². The molecule has 3 rings (SSSR count). The maximum absolute atomic E-state index is 13.1. The second kappa shape index (κ2) is 5.17. The molecule has 1 heterocycles. The van der Waals surface area contributed by atoms with Crippen molar-refractivity contribution in [3.63, 3.8) is 0 Å². The van der Waals surface area contributed by atoms with Crippen LogP contribution in [0.4, 0.5) is 4.39 Å². The summed E-state index contributed by atoms with van der Waals surface area (Å²) in [5.74, 6) is -0.250. The van der Waals surface area contributed by atoms with Crippen LogP contribution in [-0.2, 0) is 0 Å². The van der Waals surface area contributed by atoms with Gasteiger partial charge in [0.25, 0.3) is 0 Å². The zero-order chi connectivity index (χ0) is 15.0. The van der Waals surface area contributed by atoms with E-state index in [4.69, 9.17) is 0 Å². The molecule has 0 saturated heterocycles. The maximum atomic E-state index is 13.1. The van der Waals surface area contributed by atoms with Gasteiger partial charge < -0.3 is 4.57 Å². The minimum Gasteiger partial charge on any atom is -0.344 e. The maximum Gasteiger partial charge on any atom is 0.152 e. The van der Waals surface area contributed by atoms with Crippen molar-refractivity contribution in [1.29, 1.82) is 0 Å². The number of benzene rings is 2. The fourth-order valence-electron chi connectivity index (χ4n) is 2.70. The summed E-state index contributed by atoms with van der Waals surface area (Å²) >= 11 is 0. The Kier molecular flexibility index (Phi) is 3.34. The van der Waals surface area contributed by atoms with Crippen LogP contribution in [0.5, 0.6) is 0 Å². The van der Waals surface area contributed by atoms with Gasteiger partial charge in [0, 0.05) is 28.8 Å². The molecule has 2 aromatic carbocycles. The summed E-state index contributed by atoms with van der Waals surface area (Å²) in [4.78, 5) is 11.3. The molecule has 3 aromatic rings. The van der Waals surface area contributed by atoms with Gasteiger partial charge in [-0.1, -0.05) is 24.3 Å². The van der Waals surface area contributed by atoms with Crippen molar-refractivity contribution < 1.29 is 9.18 Å². The molecule has 0 aliphatic heterocycles. The lowest BCUT2D eigenvalue weighted by Gasteiger charge is -2.10. The molecule has 0 fully saturated rings. The van der Waals surface area contributed by atoms with E-state index in [-0.39, 0.29) is 11.9 Å². The summed E-state index contributed by atoms with van der Waals surface area (Å²) in [6, 6.07) is 12.4. The summed E-state index contributed by atoms with van der Waals surface area (Å²) in [6.45, 7) is 4.16. The minimum atomic E-state index is -0.250. The summed E-state index contributed by atoms with van der Waals surface area (Å²) in [7, 11) is 0. The number of aldehydes is 1. The molecular weight excluding hydrogens is 265 g/mol. The number of hydrogen-bond donors (Lipinski definition) is 0. The molecule has 1 aromatic heterocycles. The normalized spacial score (nSPS) is 11.2. The van der Waals surface area contributed by atoms with Crippen LogP contribution in [0, 0.1) is 5.82 Å². The van der Waals surface area contributed by atoms with Gasteiger partial charge in [-0.05, 0) is 37.6 Å². The Bertz CT molecular complexity index is 800. The Hall–Kier alpha value is -2.42. The van der Waals surface area contributed by atoms with Crippen molar-refractivity contribution in [3.05, 3.63) is 60.0 Å². The van der Waals surface area contributed by atoms with Gasteiger partial charge in [0.1, 0.15) is 5.82 Å². The fraction of sp³-hybridized carbons (Fsp3) is 0.167. The van der Waals surface area contributed by atoms with Gasteiger partial charge >= 0.3 is 0 Å². The molecule has 0 aliphatic rings. The number of hydrogen-bond acceptors (Lipinski definition) is 1.